The zero-order chi connectivity index (χ0) is 13.2. The fourth-order valence-corrected chi connectivity index (χ4v) is 2.20. The third kappa shape index (κ3) is 2.86. The summed E-state index contributed by atoms with van der Waals surface area (Å²) in [6.45, 7) is 1.70. The van der Waals surface area contributed by atoms with Crippen molar-refractivity contribution in [3.05, 3.63) is 23.8 Å². The summed E-state index contributed by atoms with van der Waals surface area (Å²) in [5, 5.41) is 13.8. The average molecular weight is 259 g/mol. The van der Waals surface area contributed by atoms with E-state index in [2.05, 4.69) is 0 Å². The number of carbonyl (C=O) groups is 1. The minimum absolute atomic E-state index is 0.0169. The van der Waals surface area contributed by atoms with Crippen molar-refractivity contribution in [1.82, 2.24) is 0 Å². The van der Waals surface area contributed by atoms with Gasteiger partial charge in [0.15, 0.2) is 0 Å². The molecule has 1 aromatic rings. The van der Waals surface area contributed by atoms with E-state index in [9.17, 15) is 13.2 Å². The molecule has 7 nitrogen and oxygen atoms in total. The second-order valence-corrected chi connectivity index (χ2v) is 4.76. The molecule has 1 aromatic carbocycles. The Morgan fingerprint density at radius 1 is 1.47 bits per heavy atom. The van der Waals surface area contributed by atoms with Crippen LogP contribution >= 0.6 is 0 Å². The number of nitrogens with zero attached hydrogens (tertiary/aromatic N) is 1. The van der Waals surface area contributed by atoms with Gasteiger partial charge in [0.1, 0.15) is 0 Å². The molecule has 0 aliphatic heterocycles. The Morgan fingerprint density at radius 3 is 2.41 bits per heavy atom. The van der Waals surface area contributed by atoms with Crippen LogP contribution in [0.1, 0.15) is 17.3 Å². The number of rotatable bonds is 4. The van der Waals surface area contributed by atoms with Crippen LogP contribution in [-0.2, 0) is 10.2 Å². The summed E-state index contributed by atoms with van der Waals surface area (Å²) in [5.41, 5.74) is 5.80. The maximum atomic E-state index is 11.3. The van der Waals surface area contributed by atoms with Crippen molar-refractivity contribution in [3.8, 4) is 0 Å². The smallest absolute Gasteiger partial charge is 0.335 e. The van der Waals surface area contributed by atoms with Crippen LogP contribution < -0.4 is 15.2 Å². The molecule has 1 rings (SSSR count). The largest absolute Gasteiger partial charge is 0.478 e. The molecule has 0 saturated heterocycles. The lowest BCUT2D eigenvalue weighted by Crippen LogP contribution is -2.37. The maximum absolute atomic E-state index is 11.3. The van der Waals surface area contributed by atoms with Crippen LogP contribution in [0.5, 0.6) is 0 Å². The Kier molecular flexibility index (Phi) is 3.59. The van der Waals surface area contributed by atoms with Crippen LogP contribution in [0.2, 0.25) is 0 Å². The highest BCUT2D eigenvalue weighted by Gasteiger charge is 2.19. The van der Waals surface area contributed by atoms with Crippen LogP contribution in [0.25, 0.3) is 0 Å². The molecule has 8 heteroatoms. The molecule has 0 amide bonds. The number of nitrogens with two attached hydrogens (primary N) is 2. The zero-order valence-corrected chi connectivity index (χ0v) is 9.94. The molecule has 0 radical (unpaired) electrons. The van der Waals surface area contributed by atoms with Gasteiger partial charge in [-0.05, 0) is 25.1 Å². The number of carboxylic acid groups (broad SMARTS) is 1. The molecule has 0 spiro atoms. The van der Waals surface area contributed by atoms with Crippen LogP contribution in [0.3, 0.4) is 0 Å². The zero-order valence-electron chi connectivity index (χ0n) is 9.12. The van der Waals surface area contributed by atoms with E-state index in [1.807, 2.05) is 0 Å². The maximum Gasteiger partial charge on any atom is 0.335 e. The molecule has 0 saturated carbocycles. The molecule has 0 bridgehead atoms. The van der Waals surface area contributed by atoms with Gasteiger partial charge in [-0.1, -0.05) is 0 Å². The molecular weight excluding hydrogens is 246 g/mol. The van der Waals surface area contributed by atoms with E-state index in [1.54, 1.807) is 6.92 Å². The van der Waals surface area contributed by atoms with Gasteiger partial charge in [-0.3, -0.25) is 4.31 Å². The van der Waals surface area contributed by atoms with Crippen molar-refractivity contribution < 1.29 is 18.3 Å². The molecule has 5 N–H and O–H groups in total. The highest BCUT2D eigenvalue weighted by atomic mass is 32.2. The van der Waals surface area contributed by atoms with Crippen LogP contribution in [0.15, 0.2) is 18.2 Å². The molecule has 94 valence electrons. The molecule has 0 aromatic heterocycles. The Hall–Kier alpha value is -1.80. The van der Waals surface area contributed by atoms with Gasteiger partial charge in [0, 0.05) is 6.54 Å². The first-order valence-electron chi connectivity index (χ1n) is 4.70. The van der Waals surface area contributed by atoms with Gasteiger partial charge in [-0.25, -0.2) is 9.93 Å². The third-order valence-corrected chi connectivity index (χ3v) is 3.21. The van der Waals surface area contributed by atoms with Crippen molar-refractivity contribution >= 4 is 27.6 Å². The minimum Gasteiger partial charge on any atom is -0.478 e. The van der Waals surface area contributed by atoms with Crippen LogP contribution in [0, 0.1) is 0 Å². The lowest BCUT2D eigenvalue weighted by Gasteiger charge is -2.21. The summed E-state index contributed by atoms with van der Waals surface area (Å²) < 4.78 is 23.4. The van der Waals surface area contributed by atoms with Crippen molar-refractivity contribution in [2.24, 2.45) is 5.14 Å². The molecule has 0 aliphatic carbocycles. The second-order valence-electron chi connectivity index (χ2n) is 3.29. The lowest BCUT2D eigenvalue weighted by atomic mass is 10.2. The van der Waals surface area contributed by atoms with Crippen molar-refractivity contribution in [2.75, 3.05) is 16.6 Å². The number of anilines is 2. The van der Waals surface area contributed by atoms with Gasteiger partial charge in [-0.15, -0.1) is 0 Å². The van der Waals surface area contributed by atoms with E-state index >= 15 is 0 Å². The number of nitrogen functional groups attached to an aromatic ring is 1. The van der Waals surface area contributed by atoms with E-state index in [0.717, 1.165) is 4.31 Å². The van der Waals surface area contributed by atoms with Crippen molar-refractivity contribution in [3.63, 3.8) is 0 Å². The van der Waals surface area contributed by atoms with Gasteiger partial charge in [0.25, 0.3) is 10.2 Å². The molecule has 0 heterocycles. The van der Waals surface area contributed by atoms with Crippen LogP contribution in [-0.4, -0.2) is 26.0 Å². The standard InChI is InChI=1S/C9H13N3O4S/c1-2-12(17(11,15)16)8-4-3-6(9(13)14)5-7(8)10/h3-5H,2,10H2,1H3,(H,13,14)(H2,11,15,16). The summed E-state index contributed by atoms with van der Waals surface area (Å²) in [4.78, 5) is 10.7. The Labute approximate surface area is 98.8 Å². The molecular formula is C9H13N3O4S. The number of aromatic carboxylic acids is 1. The fraction of sp³-hybridized carbons (Fsp3) is 0.222. The van der Waals surface area contributed by atoms with Gasteiger partial charge in [0.2, 0.25) is 0 Å². The first kappa shape index (κ1) is 13.3. The van der Waals surface area contributed by atoms with E-state index < -0.39 is 16.2 Å². The van der Waals surface area contributed by atoms with Gasteiger partial charge >= 0.3 is 5.97 Å². The van der Waals surface area contributed by atoms with E-state index in [1.165, 1.54) is 18.2 Å². The van der Waals surface area contributed by atoms with Crippen molar-refractivity contribution in [1.29, 1.82) is 0 Å². The van der Waals surface area contributed by atoms with E-state index in [-0.39, 0.29) is 23.5 Å². The Balaban J connectivity index is 3.28. The number of hydrogen-bond acceptors (Lipinski definition) is 4. The van der Waals surface area contributed by atoms with Gasteiger partial charge < -0.3 is 10.8 Å². The number of benzene rings is 1. The first-order valence-corrected chi connectivity index (χ1v) is 6.21. The van der Waals surface area contributed by atoms with Gasteiger partial charge in [-0.2, -0.15) is 8.42 Å². The normalized spacial score (nSPS) is 11.2. The second kappa shape index (κ2) is 4.60. The average Bonchev–Trinajstić information content (AvgIpc) is 2.19. The molecule has 0 atom stereocenters. The lowest BCUT2D eigenvalue weighted by molar-refractivity contribution is 0.0697. The van der Waals surface area contributed by atoms with Gasteiger partial charge in [0.05, 0.1) is 16.9 Å². The Bertz CT molecular complexity index is 541. The highest BCUT2D eigenvalue weighted by molar-refractivity contribution is 7.90. The Morgan fingerprint density at radius 2 is 2.06 bits per heavy atom. The summed E-state index contributed by atoms with van der Waals surface area (Å²) in [6.07, 6.45) is 0. The third-order valence-electron chi connectivity index (χ3n) is 2.14. The number of hydrogen-bond donors (Lipinski definition) is 3. The summed E-state index contributed by atoms with van der Waals surface area (Å²) in [6, 6.07) is 3.76. The number of carboxylic acids is 1. The highest BCUT2D eigenvalue weighted by Crippen LogP contribution is 2.25. The predicted molar refractivity (Wildman–Crippen MR) is 63.9 cm³/mol. The SMILES string of the molecule is CCN(c1ccc(C(=O)O)cc1N)S(N)(=O)=O. The monoisotopic (exact) mass is 259 g/mol. The quantitative estimate of drug-likeness (QED) is 0.656. The molecule has 0 aliphatic rings. The van der Waals surface area contributed by atoms with E-state index in [0.29, 0.717) is 0 Å². The predicted octanol–water partition coefficient (Wildman–Crippen LogP) is -0.00320. The molecule has 0 fully saturated rings. The summed E-state index contributed by atoms with van der Waals surface area (Å²) in [5.74, 6) is -1.14. The molecule has 0 unspecified atom stereocenters. The summed E-state index contributed by atoms with van der Waals surface area (Å²) >= 11 is 0. The minimum atomic E-state index is -3.92. The topological polar surface area (TPSA) is 127 Å². The first-order chi connectivity index (χ1) is 7.77. The fourth-order valence-electron chi connectivity index (χ4n) is 1.40. The van der Waals surface area contributed by atoms with Crippen molar-refractivity contribution in [2.45, 2.75) is 6.92 Å². The van der Waals surface area contributed by atoms with Crippen LogP contribution in [0.4, 0.5) is 11.4 Å². The van der Waals surface area contributed by atoms with E-state index in [4.69, 9.17) is 16.0 Å². The summed E-state index contributed by atoms with van der Waals surface area (Å²) in [7, 11) is -3.92. The molecule has 17 heavy (non-hydrogen) atoms.